The number of para-hydroxylation sites is 2. The lowest BCUT2D eigenvalue weighted by Crippen LogP contribution is -2.09. The zero-order valence-corrected chi connectivity index (χ0v) is 28.7. The van der Waals surface area contributed by atoms with E-state index in [9.17, 15) is 0 Å². The Kier molecular flexibility index (Phi) is 6.55. The first kappa shape index (κ1) is 29.6. The molecule has 0 radical (unpaired) electrons. The fourth-order valence-electron chi connectivity index (χ4n) is 8.10. The van der Waals surface area contributed by atoms with Crippen molar-refractivity contribution in [3.05, 3.63) is 188 Å². The molecule has 0 saturated heterocycles. The van der Waals surface area contributed by atoms with E-state index in [0.29, 0.717) is 0 Å². The van der Waals surface area contributed by atoms with Gasteiger partial charge in [0.15, 0.2) is 0 Å². The van der Waals surface area contributed by atoms with Crippen molar-refractivity contribution in [1.29, 1.82) is 0 Å². The topological polar surface area (TPSA) is 29.5 Å². The highest BCUT2D eigenvalue weighted by Gasteiger charge is 2.17. The van der Waals surface area contributed by atoms with E-state index >= 15 is 0 Å². The summed E-state index contributed by atoms with van der Waals surface area (Å²) in [6.45, 7) is 0. The maximum absolute atomic E-state index is 6.36. The lowest BCUT2D eigenvalue weighted by atomic mass is 9.97. The van der Waals surface area contributed by atoms with Crippen molar-refractivity contribution < 1.29 is 8.83 Å². The fourth-order valence-corrected chi connectivity index (χ4v) is 8.10. The first-order valence-electron chi connectivity index (χ1n) is 18.0. The monoisotopic (exact) mass is 677 g/mol. The Labute approximate surface area is 305 Å². The molecule has 2 aromatic heterocycles. The summed E-state index contributed by atoms with van der Waals surface area (Å²) >= 11 is 0. The first-order chi connectivity index (χ1) is 26.2. The first-order valence-corrected chi connectivity index (χ1v) is 18.0. The minimum Gasteiger partial charge on any atom is -0.456 e. The molecule has 0 aliphatic rings. The SMILES string of the molecule is c1ccc2c(-c3ccc(N(c4ccc(-c5ccc6c(ccc7oc8ccccc8c76)c5)cc4)c4ccc5c(c4)oc4ccccc45)cc3)cccc2c1. The zero-order chi connectivity index (χ0) is 34.9. The van der Waals surface area contributed by atoms with Gasteiger partial charge in [-0.2, -0.15) is 0 Å². The Morgan fingerprint density at radius 1 is 0.302 bits per heavy atom. The van der Waals surface area contributed by atoms with Gasteiger partial charge in [-0.15, -0.1) is 0 Å². The molecule has 3 nitrogen and oxygen atoms in total. The molecule has 0 amide bonds. The number of hydrogen-bond acceptors (Lipinski definition) is 3. The number of anilines is 3. The summed E-state index contributed by atoms with van der Waals surface area (Å²) in [5, 5.41) is 9.44. The third kappa shape index (κ3) is 4.82. The third-order valence-electron chi connectivity index (χ3n) is 10.7. The van der Waals surface area contributed by atoms with Gasteiger partial charge < -0.3 is 13.7 Å². The number of fused-ring (bicyclic) bond motifs is 9. The average Bonchev–Trinajstić information content (AvgIpc) is 3.79. The lowest BCUT2D eigenvalue weighted by Gasteiger charge is -2.26. The Bertz CT molecular complexity index is 3160. The summed E-state index contributed by atoms with van der Waals surface area (Å²) in [5.41, 5.74) is 11.5. The molecule has 0 fully saturated rings. The Morgan fingerprint density at radius 2 is 0.887 bits per heavy atom. The number of furan rings is 2. The van der Waals surface area contributed by atoms with E-state index < -0.39 is 0 Å². The molecular weight excluding hydrogens is 647 g/mol. The van der Waals surface area contributed by atoms with E-state index in [-0.39, 0.29) is 0 Å². The van der Waals surface area contributed by atoms with Gasteiger partial charge in [-0.1, -0.05) is 121 Å². The Balaban J connectivity index is 1.00. The molecule has 11 aromatic rings. The second-order valence-corrected chi connectivity index (χ2v) is 13.7. The predicted octanol–water partition coefficient (Wildman–Crippen LogP) is 14.6. The maximum atomic E-state index is 6.36. The minimum atomic E-state index is 0.869. The maximum Gasteiger partial charge on any atom is 0.137 e. The van der Waals surface area contributed by atoms with Crippen molar-refractivity contribution in [1.82, 2.24) is 0 Å². The Morgan fingerprint density at radius 3 is 1.70 bits per heavy atom. The molecule has 0 unspecified atom stereocenters. The Hall–Kier alpha value is -7.10. The van der Waals surface area contributed by atoms with E-state index in [2.05, 4.69) is 169 Å². The molecule has 0 atom stereocenters. The molecule has 3 heteroatoms. The van der Waals surface area contributed by atoms with Crippen LogP contribution < -0.4 is 4.90 Å². The van der Waals surface area contributed by atoms with Gasteiger partial charge in [0.05, 0.1) is 0 Å². The molecular formula is C50H31NO2. The number of rotatable bonds is 5. The van der Waals surface area contributed by atoms with Crippen LogP contribution in [0.15, 0.2) is 197 Å². The van der Waals surface area contributed by atoms with Gasteiger partial charge in [0.1, 0.15) is 22.3 Å². The van der Waals surface area contributed by atoms with Crippen LogP contribution in [0.1, 0.15) is 0 Å². The van der Waals surface area contributed by atoms with Crippen LogP contribution in [0.4, 0.5) is 17.1 Å². The van der Waals surface area contributed by atoms with Crippen molar-refractivity contribution in [2.24, 2.45) is 0 Å². The smallest absolute Gasteiger partial charge is 0.137 e. The molecule has 9 aromatic carbocycles. The molecule has 0 N–H and O–H groups in total. The number of hydrogen-bond donors (Lipinski definition) is 0. The van der Waals surface area contributed by atoms with Gasteiger partial charge in [-0.3, -0.25) is 0 Å². The highest BCUT2D eigenvalue weighted by atomic mass is 16.3. The second kappa shape index (κ2) is 11.7. The molecule has 53 heavy (non-hydrogen) atoms. The van der Waals surface area contributed by atoms with Gasteiger partial charge in [-0.25, -0.2) is 0 Å². The van der Waals surface area contributed by atoms with Crippen LogP contribution in [0.2, 0.25) is 0 Å². The highest BCUT2D eigenvalue weighted by molar-refractivity contribution is 6.19. The summed E-state index contributed by atoms with van der Waals surface area (Å²) in [7, 11) is 0. The van der Waals surface area contributed by atoms with Crippen molar-refractivity contribution in [3.8, 4) is 22.3 Å². The van der Waals surface area contributed by atoms with Crippen LogP contribution in [-0.2, 0) is 0 Å². The predicted molar refractivity (Wildman–Crippen MR) is 222 cm³/mol. The van der Waals surface area contributed by atoms with Crippen LogP contribution in [0.5, 0.6) is 0 Å². The van der Waals surface area contributed by atoms with Gasteiger partial charge >= 0.3 is 0 Å². The van der Waals surface area contributed by atoms with Gasteiger partial charge in [0, 0.05) is 44.7 Å². The summed E-state index contributed by atoms with van der Waals surface area (Å²) < 4.78 is 12.5. The summed E-state index contributed by atoms with van der Waals surface area (Å²) in [6.07, 6.45) is 0. The van der Waals surface area contributed by atoms with Crippen molar-refractivity contribution >= 4 is 82.5 Å². The highest BCUT2D eigenvalue weighted by Crippen LogP contribution is 2.41. The summed E-state index contributed by atoms with van der Waals surface area (Å²) in [4.78, 5) is 2.31. The largest absolute Gasteiger partial charge is 0.456 e. The number of benzene rings is 9. The minimum absolute atomic E-state index is 0.869. The van der Waals surface area contributed by atoms with Crippen LogP contribution in [0.25, 0.3) is 87.7 Å². The van der Waals surface area contributed by atoms with Crippen LogP contribution in [-0.4, -0.2) is 0 Å². The van der Waals surface area contributed by atoms with E-state index in [0.717, 1.165) is 61.1 Å². The molecule has 0 aliphatic carbocycles. The van der Waals surface area contributed by atoms with Crippen LogP contribution in [0.3, 0.4) is 0 Å². The molecule has 11 rings (SSSR count). The second-order valence-electron chi connectivity index (χ2n) is 13.7. The molecule has 248 valence electrons. The molecule has 0 aliphatic heterocycles. The molecule has 0 saturated carbocycles. The van der Waals surface area contributed by atoms with Crippen LogP contribution >= 0.6 is 0 Å². The normalized spacial score (nSPS) is 11.8. The van der Waals surface area contributed by atoms with E-state index in [1.54, 1.807) is 0 Å². The van der Waals surface area contributed by atoms with Crippen molar-refractivity contribution in [2.75, 3.05) is 4.90 Å². The molecule has 0 spiro atoms. The fraction of sp³-hybridized carbons (Fsp3) is 0. The summed E-state index contributed by atoms with van der Waals surface area (Å²) in [5.74, 6) is 0. The summed E-state index contributed by atoms with van der Waals surface area (Å²) in [6, 6.07) is 66.9. The van der Waals surface area contributed by atoms with E-state index in [4.69, 9.17) is 8.83 Å². The van der Waals surface area contributed by atoms with E-state index in [1.165, 1.54) is 43.6 Å². The molecule has 0 bridgehead atoms. The average molecular weight is 678 g/mol. The molecule has 2 heterocycles. The zero-order valence-electron chi connectivity index (χ0n) is 28.7. The lowest BCUT2D eigenvalue weighted by molar-refractivity contribution is 0.668. The van der Waals surface area contributed by atoms with Gasteiger partial charge in [0.25, 0.3) is 0 Å². The quantitative estimate of drug-likeness (QED) is 0.182. The van der Waals surface area contributed by atoms with Gasteiger partial charge in [-0.05, 0) is 104 Å². The van der Waals surface area contributed by atoms with E-state index in [1.807, 2.05) is 24.3 Å². The van der Waals surface area contributed by atoms with Crippen molar-refractivity contribution in [3.63, 3.8) is 0 Å². The van der Waals surface area contributed by atoms with Crippen LogP contribution in [0, 0.1) is 0 Å². The van der Waals surface area contributed by atoms with Gasteiger partial charge in [0.2, 0.25) is 0 Å². The third-order valence-corrected chi connectivity index (χ3v) is 10.7. The number of nitrogens with zero attached hydrogens (tertiary/aromatic N) is 1. The van der Waals surface area contributed by atoms with Crippen molar-refractivity contribution in [2.45, 2.75) is 0 Å². The standard InChI is InChI=1S/C50H31NO2/c1-2-10-40-33(8-1)9-7-13-41(40)34-18-24-38(25-19-34)51(39-26-28-44-43-11-3-5-14-46(43)53-49(44)31-39)37-22-16-32(17-23-37)35-20-27-42-36(30-35)21-29-48-50(42)45-12-4-6-15-47(45)52-48/h1-31H.